The van der Waals surface area contributed by atoms with Crippen LogP contribution < -0.4 is 9.64 Å². The summed E-state index contributed by atoms with van der Waals surface area (Å²) in [6.45, 7) is 1.66. The number of hydrogen-bond donors (Lipinski definition) is 1. The van der Waals surface area contributed by atoms with Crippen LogP contribution in [0.15, 0.2) is 72.8 Å². The summed E-state index contributed by atoms with van der Waals surface area (Å²) in [6, 6.07) is 21.1. The van der Waals surface area contributed by atoms with Crippen molar-refractivity contribution in [1.29, 1.82) is 0 Å². The summed E-state index contributed by atoms with van der Waals surface area (Å²) in [5, 5.41) is 10.5. The normalized spacial score (nSPS) is 11.6. The minimum atomic E-state index is -1.05. The molecule has 31 heavy (non-hydrogen) atoms. The molecule has 0 spiro atoms. The quantitative estimate of drug-likeness (QED) is 0.476. The molecule has 160 valence electrons. The second kappa shape index (κ2) is 10.3. The molecule has 1 N–H and O–H groups in total. The summed E-state index contributed by atoms with van der Waals surface area (Å²) in [7, 11) is 0. The molecule has 1 amide bonds. The van der Waals surface area contributed by atoms with Crippen LogP contribution in [0.4, 0.5) is 5.69 Å². The van der Waals surface area contributed by atoms with Gasteiger partial charge in [-0.1, -0.05) is 59.6 Å². The molecule has 0 bridgehead atoms. The van der Waals surface area contributed by atoms with E-state index in [2.05, 4.69) is 0 Å². The second-order valence-electron chi connectivity index (χ2n) is 6.93. The highest BCUT2D eigenvalue weighted by atomic mass is 35.5. The van der Waals surface area contributed by atoms with Crippen LogP contribution in [-0.2, 0) is 22.6 Å². The van der Waals surface area contributed by atoms with Crippen molar-refractivity contribution in [3.8, 4) is 5.75 Å². The van der Waals surface area contributed by atoms with Crippen molar-refractivity contribution in [3.63, 3.8) is 0 Å². The highest BCUT2D eigenvalue weighted by Gasteiger charge is 2.21. The van der Waals surface area contributed by atoms with Gasteiger partial charge in [-0.2, -0.15) is 0 Å². The summed E-state index contributed by atoms with van der Waals surface area (Å²) in [5.41, 5.74) is 2.13. The maximum absolute atomic E-state index is 12.3. The topological polar surface area (TPSA) is 66.8 Å². The number of nitrogens with zero attached hydrogens (tertiary/aromatic N) is 1. The molecule has 0 aliphatic rings. The molecule has 3 aromatic rings. The van der Waals surface area contributed by atoms with Gasteiger partial charge in [0.2, 0.25) is 5.91 Å². The summed E-state index contributed by atoms with van der Waals surface area (Å²) >= 11 is 12.5. The summed E-state index contributed by atoms with van der Waals surface area (Å²) in [6.07, 6.45) is -0.790. The van der Waals surface area contributed by atoms with Gasteiger partial charge in [-0.25, -0.2) is 4.79 Å². The summed E-state index contributed by atoms with van der Waals surface area (Å²) in [5.74, 6) is -0.838. The maximum atomic E-state index is 12.3. The van der Waals surface area contributed by atoms with E-state index < -0.39 is 12.1 Å². The number of carbonyl (C=O) groups excluding carboxylic acids is 1. The number of carbonyl (C=O) groups is 2. The zero-order valence-electron chi connectivity index (χ0n) is 16.8. The number of benzene rings is 3. The zero-order valence-corrected chi connectivity index (χ0v) is 18.3. The molecular formula is C24H21Cl2NO4. The van der Waals surface area contributed by atoms with Crippen molar-refractivity contribution < 1.29 is 19.4 Å². The minimum absolute atomic E-state index is 0.183. The van der Waals surface area contributed by atoms with Gasteiger partial charge in [-0.15, -0.1) is 0 Å². The van der Waals surface area contributed by atoms with Crippen LogP contribution in [-0.4, -0.2) is 23.1 Å². The number of carboxylic acid groups (broad SMARTS) is 1. The first-order chi connectivity index (χ1) is 14.8. The van der Waals surface area contributed by atoms with Gasteiger partial charge in [0.25, 0.3) is 0 Å². The molecule has 0 saturated heterocycles. The molecule has 0 aliphatic heterocycles. The first kappa shape index (κ1) is 22.7. The Morgan fingerprint density at radius 2 is 1.55 bits per heavy atom. The van der Waals surface area contributed by atoms with Gasteiger partial charge in [0.15, 0.2) is 6.10 Å². The number of hydrogen-bond acceptors (Lipinski definition) is 3. The number of ether oxygens (including phenoxy) is 1. The summed E-state index contributed by atoms with van der Waals surface area (Å²) in [4.78, 5) is 25.4. The first-order valence-corrected chi connectivity index (χ1v) is 10.3. The van der Waals surface area contributed by atoms with Crippen molar-refractivity contribution >= 4 is 40.8 Å². The molecule has 3 rings (SSSR count). The Labute approximate surface area is 190 Å². The molecule has 1 unspecified atom stereocenters. The SMILES string of the molecule is CC(=O)N(Cc1c(Cl)cccc1Cl)c1ccc(OC(Cc2ccccc2)C(=O)O)cc1. The number of halogens is 2. The number of aliphatic carboxylic acids is 1. The van der Waals surface area contributed by atoms with Gasteiger partial charge < -0.3 is 14.7 Å². The van der Waals surface area contributed by atoms with Crippen LogP contribution in [0.1, 0.15) is 18.1 Å². The molecule has 0 saturated carbocycles. The fourth-order valence-electron chi connectivity index (χ4n) is 3.10. The van der Waals surface area contributed by atoms with Crippen molar-refractivity contribution in [3.05, 3.63) is 94.0 Å². The predicted octanol–water partition coefficient (Wildman–Crippen LogP) is 5.62. The molecule has 0 aliphatic carbocycles. The standard InChI is InChI=1S/C24H21Cl2NO4/c1-16(28)27(15-20-21(25)8-5-9-22(20)26)18-10-12-19(13-11-18)31-23(24(29)30)14-17-6-3-2-4-7-17/h2-13,23H,14-15H2,1H3,(H,29,30). The Bertz CT molecular complexity index is 1030. The largest absolute Gasteiger partial charge is 0.478 e. The van der Waals surface area contributed by atoms with E-state index in [0.29, 0.717) is 27.0 Å². The van der Waals surface area contributed by atoms with Gasteiger partial charge in [-0.3, -0.25) is 4.79 Å². The van der Waals surface area contributed by atoms with E-state index in [0.717, 1.165) is 5.56 Å². The van der Waals surface area contributed by atoms with E-state index in [1.807, 2.05) is 30.3 Å². The molecule has 0 radical (unpaired) electrons. The predicted molar refractivity (Wildman–Crippen MR) is 122 cm³/mol. The monoisotopic (exact) mass is 457 g/mol. The highest BCUT2D eigenvalue weighted by molar-refractivity contribution is 6.36. The zero-order chi connectivity index (χ0) is 22.4. The average Bonchev–Trinajstić information content (AvgIpc) is 2.74. The lowest BCUT2D eigenvalue weighted by molar-refractivity contribution is -0.145. The fourth-order valence-corrected chi connectivity index (χ4v) is 3.62. The van der Waals surface area contributed by atoms with Gasteiger partial charge in [-0.05, 0) is 42.0 Å². The van der Waals surface area contributed by atoms with Crippen molar-refractivity contribution in [2.24, 2.45) is 0 Å². The van der Waals surface area contributed by atoms with Crippen LogP contribution in [0.25, 0.3) is 0 Å². The van der Waals surface area contributed by atoms with Gasteiger partial charge >= 0.3 is 5.97 Å². The maximum Gasteiger partial charge on any atom is 0.345 e. The Kier molecular flexibility index (Phi) is 7.55. The Morgan fingerprint density at radius 1 is 0.935 bits per heavy atom. The molecule has 0 heterocycles. The van der Waals surface area contributed by atoms with E-state index >= 15 is 0 Å². The number of amides is 1. The molecule has 0 aromatic heterocycles. The van der Waals surface area contributed by atoms with Crippen molar-refractivity contribution in [1.82, 2.24) is 0 Å². The third-order valence-corrected chi connectivity index (χ3v) is 5.43. The smallest absolute Gasteiger partial charge is 0.345 e. The molecule has 3 aromatic carbocycles. The van der Waals surface area contributed by atoms with Crippen LogP contribution in [0, 0.1) is 0 Å². The van der Waals surface area contributed by atoms with Gasteiger partial charge in [0.1, 0.15) is 5.75 Å². The van der Waals surface area contributed by atoms with Crippen LogP contribution in [0.2, 0.25) is 10.0 Å². The summed E-state index contributed by atoms with van der Waals surface area (Å²) < 4.78 is 5.69. The lowest BCUT2D eigenvalue weighted by Crippen LogP contribution is -2.29. The van der Waals surface area contributed by atoms with E-state index in [9.17, 15) is 14.7 Å². The lowest BCUT2D eigenvalue weighted by Gasteiger charge is -2.23. The average molecular weight is 458 g/mol. The van der Waals surface area contributed by atoms with Crippen LogP contribution in [0.5, 0.6) is 5.75 Å². The first-order valence-electron chi connectivity index (χ1n) is 9.59. The Morgan fingerprint density at radius 3 is 2.10 bits per heavy atom. The van der Waals surface area contributed by atoms with E-state index in [4.69, 9.17) is 27.9 Å². The van der Waals surface area contributed by atoms with E-state index in [1.54, 1.807) is 42.5 Å². The fraction of sp³-hybridized carbons (Fsp3) is 0.167. The molecule has 7 heteroatoms. The third-order valence-electron chi connectivity index (χ3n) is 4.72. The van der Waals surface area contributed by atoms with E-state index in [-0.39, 0.29) is 18.9 Å². The Hall–Kier alpha value is -3.02. The van der Waals surface area contributed by atoms with Crippen LogP contribution >= 0.6 is 23.2 Å². The van der Waals surface area contributed by atoms with Crippen LogP contribution in [0.3, 0.4) is 0 Å². The third kappa shape index (κ3) is 6.00. The number of rotatable bonds is 8. The Balaban J connectivity index is 1.76. The lowest BCUT2D eigenvalue weighted by atomic mass is 10.1. The van der Waals surface area contributed by atoms with Gasteiger partial charge in [0.05, 0.1) is 6.54 Å². The number of carboxylic acids is 1. The highest BCUT2D eigenvalue weighted by Crippen LogP contribution is 2.29. The van der Waals surface area contributed by atoms with E-state index in [1.165, 1.54) is 11.8 Å². The molecule has 5 nitrogen and oxygen atoms in total. The minimum Gasteiger partial charge on any atom is -0.478 e. The molecular weight excluding hydrogens is 437 g/mol. The number of anilines is 1. The molecule has 0 fully saturated rings. The van der Waals surface area contributed by atoms with Crippen molar-refractivity contribution in [2.75, 3.05) is 4.90 Å². The second-order valence-corrected chi connectivity index (χ2v) is 7.75. The van der Waals surface area contributed by atoms with Gasteiger partial charge in [0, 0.05) is 34.6 Å². The van der Waals surface area contributed by atoms with Crippen molar-refractivity contribution in [2.45, 2.75) is 26.0 Å². The molecule has 1 atom stereocenters.